The summed E-state index contributed by atoms with van der Waals surface area (Å²) in [6, 6.07) is 15.3. The molecule has 0 bridgehead atoms. The number of alkyl carbamates (subject to hydrolysis) is 1. The molecule has 0 aromatic heterocycles. The number of carboxylic acids is 1. The van der Waals surface area contributed by atoms with Crippen LogP contribution in [-0.4, -0.2) is 41.8 Å². The third kappa shape index (κ3) is 5.66. The van der Waals surface area contributed by atoms with Crippen molar-refractivity contribution >= 4 is 18.0 Å². The van der Waals surface area contributed by atoms with E-state index in [0.717, 1.165) is 11.1 Å². The van der Waals surface area contributed by atoms with E-state index in [0.29, 0.717) is 19.3 Å². The van der Waals surface area contributed by atoms with Crippen LogP contribution in [0.4, 0.5) is 4.79 Å². The fourth-order valence-electron chi connectivity index (χ4n) is 4.09. The molecule has 1 aliphatic rings. The van der Waals surface area contributed by atoms with Crippen LogP contribution < -0.4 is 10.6 Å². The minimum Gasteiger partial charge on any atom is -0.480 e. The largest absolute Gasteiger partial charge is 0.480 e. The van der Waals surface area contributed by atoms with Gasteiger partial charge in [-0.15, -0.1) is 0 Å². The lowest BCUT2D eigenvalue weighted by atomic mass is 9.98. The second-order valence-electron chi connectivity index (χ2n) is 8.13. The van der Waals surface area contributed by atoms with Gasteiger partial charge in [-0.25, -0.2) is 9.59 Å². The molecule has 2 atom stereocenters. The van der Waals surface area contributed by atoms with E-state index in [1.807, 2.05) is 31.2 Å². The number of amides is 2. The second kappa shape index (κ2) is 10.8. The first-order chi connectivity index (χ1) is 15.4. The molecule has 2 amide bonds. The molecular formula is C25H30N2O5. The van der Waals surface area contributed by atoms with Crippen LogP contribution in [0.25, 0.3) is 11.1 Å². The van der Waals surface area contributed by atoms with Crippen molar-refractivity contribution in [3.8, 4) is 11.1 Å². The molecule has 0 radical (unpaired) electrons. The van der Waals surface area contributed by atoms with Crippen LogP contribution in [0.5, 0.6) is 0 Å². The number of benzene rings is 2. The normalized spacial score (nSPS) is 14.1. The summed E-state index contributed by atoms with van der Waals surface area (Å²) in [6.07, 6.45) is 1.18. The van der Waals surface area contributed by atoms with Crippen LogP contribution in [-0.2, 0) is 14.3 Å². The molecule has 0 aliphatic heterocycles. The Labute approximate surface area is 188 Å². The van der Waals surface area contributed by atoms with E-state index < -0.39 is 18.1 Å². The molecule has 1 aliphatic carbocycles. The van der Waals surface area contributed by atoms with E-state index in [1.54, 1.807) is 6.92 Å². The smallest absolute Gasteiger partial charge is 0.407 e. The Balaban J connectivity index is 1.43. The zero-order valence-corrected chi connectivity index (χ0v) is 18.5. The number of fused-ring (bicyclic) bond motifs is 3. The highest BCUT2D eigenvalue weighted by atomic mass is 16.5. The summed E-state index contributed by atoms with van der Waals surface area (Å²) in [5.74, 6) is -1.33. The minimum absolute atomic E-state index is 0.00731. The monoisotopic (exact) mass is 438 g/mol. The number of carbonyl (C=O) groups is 3. The first-order valence-electron chi connectivity index (χ1n) is 11.0. The summed E-state index contributed by atoms with van der Waals surface area (Å²) in [5.41, 5.74) is 4.67. The van der Waals surface area contributed by atoms with Gasteiger partial charge in [0.1, 0.15) is 12.6 Å². The summed E-state index contributed by atoms with van der Waals surface area (Å²) in [5, 5.41) is 14.3. The summed E-state index contributed by atoms with van der Waals surface area (Å²) < 4.78 is 5.54. The van der Waals surface area contributed by atoms with Crippen molar-refractivity contribution in [2.45, 2.75) is 57.5 Å². The van der Waals surface area contributed by atoms with Crippen molar-refractivity contribution in [3.05, 3.63) is 59.7 Å². The maximum atomic E-state index is 12.3. The van der Waals surface area contributed by atoms with Crippen molar-refractivity contribution in [1.29, 1.82) is 0 Å². The van der Waals surface area contributed by atoms with E-state index >= 15 is 0 Å². The van der Waals surface area contributed by atoms with Gasteiger partial charge in [-0.2, -0.15) is 0 Å². The molecule has 7 heteroatoms. The number of hydrogen-bond acceptors (Lipinski definition) is 4. The standard InChI is InChI=1S/C25H30N2O5/c1-3-22(24(29)30)27-23(28)14-8-9-16(2)26-25(31)32-15-21-19-12-6-4-10-17(19)18-11-5-7-13-20(18)21/h4-7,10-13,16,21-22H,3,8-9,14-15H2,1-2H3,(H,26,31)(H,27,28)(H,29,30). The predicted molar refractivity (Wildman–Crippen MR) is 121 cm³/mol. The fraction of sp³-hybridized carbons (Fsp3) is 0.400. The minimum atomic E-state index is -1.04. The molecule has 0 fully saturated rings. The molecule has 0 saturated heterocycles. The average molecular weight is 439 g/mol. The number of carboxylic acid groups (broad SMARTS) is 1. The summed E-state index contributed by atoms with van der Waals surface area (Å²) in [7, 11) is 0. The van der Waals surface area contributed by atoms with Crippen LogP contribution in [0.15, 0.2) is 48.5 Å². The Kier molecular flexibility index (Phi) is 7.87. The van der Waals surface area contributed by atoms with Gasteiger partial charge in [-0.05, 0) is 48.4 Å². The summed E-state index contributed by atoms with van der Waals surface area (Å²) in [6.45, 7) is 3.81. The molecule has 0 saturated carbocycles. The first-order valence-corrected chi connectivity index (χ1v) is 11.0. The van der Waals surface area contributed by atoms with Gasteiger partial charge in [0.15, 0.2) is 0 Å². The van der Waals surface area contributed by atoms with Crippen LogP contribution in [0, 0.1) is 0 Å². The Morgan fingerprint density at radius 2 is 1.59 bits per heavy atom. The molecule has 0 spiro atoms. The average Bonchev–Trinajstić information content (AvgIpc) is 3.09. The molecular weight excluding hydrogens is 408 g/mol. The lowest BCUT2D eigenvalue weighted by Gasteiger charge is -2.17. The number of nitrogens with one attached hydrogen (secondary N) is 2. The third-order valence-corrected chi connectivity index (χ3v) is 5.79. The van der Waals surface area contributed by atoms with Gasteiger partial charge in [0.25, 0.3) is 0 Å². The SMILES string of the molecule is CCC(NC(=O)CCCC(C)NC(=O)OCC1c2ccccc2-c2ccccc21)C(=O)O. The van der Waals surface area contributed by atoms with Gasteiger partial charge < -0.3 is 20.5 Å². The molecule has 7 nitrogen and oxygen atoms in total. The Morgan fingerprint density at radius 1 is 1.00 bits per heavy atom. The summed E-state index contributed by atoms with van der Waals surface area (Å²) in [4.78, 5) is 35.2. The van der Waals surface area contributed by atoms with Gasteiger partial charge in [0.05, 0.1) is 0 Å². The lowest BCUT2D eigenvalue weighted by molar-refractivity contribution is -0.141. The van der Waals surface area contributed by atoms with E-state index in [4.69, 9.17) is 9.84 Å². The highest BCUT2D eigenvalue weighted by Gasteiger charge is 2.29. The highest BCUT2D eigenvalue weighted by Crippen LogP contribution is 2.44. The third-order valence-electron chi connectivity index (χ3n) is 5.79. The van der Waals surface area contributed by atoms with Crippen molar-refractivity contribution in [3.63, 3.8) is 0 Å². The van der Waals surface area contributed by atoms with Gasteiger partial charge in [-0.1, -0.05) is 55.5 Å². The van der Waals surface area contributed by atoms with E-state index in [-0.39, 0.29) is 30.9 Å². The molecule has 2 aromatic rings. The van der Waals surface area contributed by atoms with Crippen LogP contribution >= 0.6 is 0 Å². The molecule has 0 heterocycles. The zero-order valence-electron chi connectivity index (χ0n) is 18.5. The first kappa shape index (κ1) is 23.3. The van der Waals surface area contributed by atoms with Gasteiger partial charge in [-0.3, -0.25) is 4.79 Å². The summed E-state index contributed by atoms with van der Waals surface area (Å²) >= 11 is 0. The van der Waals surface area contributed by atoms with Crippen LogP contribution in [0.1, 0.15) is 56.6 Å². The Bertz CT molecular complexity index is 929. The van der Waals surface area contributed by atoms with Crippen molar-refractivity contribution in [1.82, 2.24) is 10.6 Å². The molecule has 170 valence electrons. The number of ether oxygens (including phenoxy) is 1. The Morgan fingerprint density at radius 3 is 2.16 bits per heavy atom. The van der Waals surface area contributed by atoms with Crippen LogP contribution in [0.3, 0.4) is 0 Å². The maximum absolute atomic E-state index is 12.3. The molecule has 3 rings (SSSR count). The number of rotatable bonds is 10. The van der Waals surface area contributed by atoms with Gasteiger partial charge in [0, 0.05) is 18.4 Å². The molecule has 2 unspecified atom stereocenters. The Hall–Kier alpha value is -3.35. The fourth-order valence-corrected chi connectivity index (χ4v) is 4.09. The molecule has 2 aromatic carbocycles. The van der Waals surface area contributed by atoms with E-state index in [1.165, 1.54) is 11.1 Å². The lowest BCUT2D eigenvalue weighted by Crippen LogP contribution is -2.40. The topological polar surface area (TPSA) is 105 Å². The zero-order chi connectivity index (χ0) is 23.1. The van der Waals surface area contributed by atoms with Crippen molar-refractivity contribution in [2.24, 2.45) is 0 Å². The van der Waals surface area contributed by atoms with E-state index in [9.17, 15) is 14.4 Å². The van der Waals surface area contributed by atoms with Crippen molar-refractivity contribution in [2.75, 3.05) is 6.61 Å². The number of aliphatic carboxylic acids is 1. The highest BCUT2D eigenvalue weighted by molar-refractivity contribution is 5.83. The molecule has 32 heavy (non-hydrogen) atoms. The number of carbonyl (C=O) groups excluding carboxylic acids is 2. The number of hydrogen-bond donors (Lipinski definition) is 3. The quantitative estimate of drug-likeness (QED) is 0.519. The molecule has 3 N–H and O–H groups in total. The van der Waals surface area contributed by atoms with Crippen molar-refractivity contribution < 1.29 is 24.2 Å². The second-order valence-corrected chi connectivity index (χ2v) is 8.13. The maximum Gasteiger partial charge on any atom is 0.407 e. The van der Waals surface area contributed by atoms with E-state index in [2.05, 4.69) is 34.9 Å². The van der Waals surface area contributed by atoms with Gasteiger partial charge >= 0.3 is 12.1 Å². The van der Waals surface area contributed by atoms with Crippen LogP contribution in [0.2, 0.25) is 0 Å². The van der Waals surface area contributed by atoms with Gasteiger partial charge in [0.2, 0.25) is 5.91 Å². The predicted octanol–water partition coefficient (Wildman–Crippen LogP) is 4.06.